The summed E-state index contributed by atoms with van der Waals surface area (Å²) in [6, 6.07) is 0. The Morgan fingerprint density at radius 3 is 1.58 bits per heavy atom. The summed E-state index contributed by atoms with van der Waals surface area (Å²) in [6.45, 7) is 8.58. The minimum atomic E-state index is -1.14. The molecule has 2 bridgehead atoms. The number of nitrogens with one attached hydrogen (secondary N) is 1. The van der Waals surface area contributed by atoms with Gasteiger partial charge in [0.2, 0.25) is 17.5 Å². The van der Waals surface area contributed by atoms with Crippen molar-refractivity contribution in [2.45, 2.75) is 130 Å². The number of rotatable bonds is 16. The van der Waals surface area contributed by atoms with Gasteiger partial charge in [-0.2, -0.15) is 0 Å². The molecule has 31 heavy (non-hydrogen) atoms. The van der Waals surface area contributed by atoms with Crippen LogP contribution < -0.4 is 5.32 Å². The average molecular weight is 434 g/mol. The number of Topliss-reactive ketones (excluding diaryl/α,β-unsaturated/α-hetero) is 2. The molecule has 0 aromatic heterocycles. The maximum absolute atomic E-state index is 13.0. The molecule has 2 atom stereocenters. The zero-order valence-electron chi connectivity index (χ0n) is 20.7. The van der Waals surface area contributed by atoms with Crippen molar-refractivity contribution in [2.24, 2.45) is 16.2 Å². The molecule has 0 aromatic carbocycles. The van der Waals surface area contributed by atoms with Crippen molar-refractivity contribution in [3.05, 3.63) is 0 Å². The summed E-state index contributed by atoms with van der Waals surface area (Å²) >= 11 is 0. The molecule has 4 nitrogen and oxygen atoms in total. The molecule has 0 aromatic rings. The van der Waals surface area contributed by atoms with E-state index in [1.54, 1.807) is 0 Å². The normalized spacial score (nSPS) is 26.6. The maximum atomic E-state index is 13.0. The molecule has 2 aliphatic rings. The molecule has 0 saturated heterocycles. The predicted octanol–water partition coefficient (Wildman–Crippen LogP) is 6.55. The van der Waals surface area contributed by atoms with E-state index < -0.39 is 22.0 Å². The number of carbonyl (C=O) groups excluding carboxylic acids is 3. The molecule has 0 aliphatic heterocycles. The van der Waals surface area contributed by atoms with E-state index in [1.807, 2.05) is 20.8 Å². The number of fused-ring (bicyclic) bond motifs is 2. The first kappa shape index (κ1) is 26.1. The van der Waals surface area contributed by atoms with Gasteiger partial charge in [0.15, 0.2) is 0 Å². The highest BCUT2D eigenvalue weighted by atomic mass is 16.2. The van der Waals surface area contributed by atoms with Crippen LogP contribution in [0.2, 0.25) is 0 Å². The van der Waals surface area contributed by atoms with Crippen molar-refractivity contribution in [3.63, 3.8) is 0 Å². The van der Waals surface area contributed by atoms with Gasteiger partial charge in [0.05, 0.1) is 0 Å². The van der Waals surface area contributed by atoms with E-state index in [1.165, 1.54) is 77.0 Å². The molecule has 4 heteroatoms. The molecule has 0 radical (unpaired) electrons. The molecule has 2 fully saturated rings. The number of hydrogen-bond donors (Lipinski definition) is 1. The number of amides is 1. The zero-order chi connectivity index (χ0) is 23.0. The summed E-state index contributed by atoms with van der Waals surface area (Å²) < 4.78 is 0. The lowest BCUT2D eigenvalue weighted by atomic mass is 9.64. The lowest BCUT2D eigenvalue weighted by molar-refractivity contribution is -0.149. The summed E-state index contributed by atoms with van der Waals surface area (Å²) in [5, 5.41) is 3.00. The quantitative estimate of drug-likeness (QED) is 0.170. The average Bonchev–Trinajstić information content (AvgIpc) is 3.02. The van der Waals surface area contributed by atoms with Crippen LogP contribution in [-0.4, -0.2) is 24.0 Å². The van der Waals surface area contributed by atoms with Gasteiger partial charge < -0.3 is 5.32 Å². The van der Waals surface area contributed by atoms with Crippen LogP contribution in [0.5, 0.6) is 0 Å². The number of ketones is 2. The van der Waals surface area contributed by atoms with Crippen LogP contribution in [0.25, 0.3) is 0 Å². The van der Waals surface area contributed by atoms with E-state index in [2.05, 4.69) is 12.2 Å². The molecule has 2 aliphatic carbocycles. The van der Waals surface area contributed by atoms with E-state index in [0.717, 1.165) is 12.8 Å². The first-order valence-electron chi connectivity index (χ1n) is 13.1. The first-order chi connectivity index (χ1) is 14.8. The Hall–Kier alpha value is -1.19. The molecule has 2 saturated carbocycles. The zero-order valence-corrected chi connectivity index (χ0v) is 20.7. The highest BCUT2D eigenvalue weighted by molar-refractivity contribution is 6.48. The SMILES string of the molecule is CCCCCCCCCCCCCCCCNC(=O)[C@]12CC[C@@](C)(C(=O)C1=O)C2(C)C. The van der Waals surface area contributed by atoms with Gasteiger partial charge in [0.1, 0.15) is 5.41 Å². The maximum Gasteiger partial charge on any atom is 0.234 e. The largest absolute Gasteiger partial charge is 0.355 e. The molecule has 2 rings (SSSR count). The van der Waals surface area contributed by atoms with E-state index in [-0.39, 0.29) is 11.7 Å². The second-order valence-electron chi connectivity index (χ2n) is 10.9. The van der Waals surface area contributed by atoms with Crippen molar-refractivity contribution >= 4 is 17.5 Å². The van der Waals surface area contributed by atoms with Crippen LogP contribution >= 0.6 is 0 Å². The molecular weight excluding hydrogens is 386 g/mol. The van der Waals surface area contributed by atoms with Crippen LogP contribution in [-0.2, 0) is 14.4 Å². The summed E-state index contributed by atoms with van der Waals surface area (Å²) in [4.78, 5) is 38.2. The van der Waals surface area contributed by atoms with Crippen molar-refractivity contribution in [1.82, 2.24) is 5.32 Å². The fourth-order valence-corrected chi connectivity index (χ4v) is 5.95. The molecule has 0 unspecified atom stereocenters. The Morgan fingerprint density at radius 2 is 1.16 bits per heavy atom. The Balaban J connectivity index is 1.52. The lowest BCUT2D eigenvalue weighted by Gasteiger charge is -2.37. The van der Waals surface area contributed by atoms with E-state index >= 15 is 0 Å². The van der Waals surface area contributed by atoms with Gasteiger partial charge in [-0.25, -0.2) is 0 Å². The highest BCUT2D eigenvalue weighted by Crippen LogP contribution is 2.68. The number of carbonyl (C=O) groups is 3. The van der Waals surface area contributed by atoms with E-state index in [4.69, 9.17) is 0 Å². The molecule has 0 heterocycles. The van der Waals surface area contributed by atoms with E-state index in [0.29, 0.717) is 19.4 Å². The number of unbranched alkanes of at least 4 members (excludes halogenated alkanes) is 13. The van der Waals surface area contributed by atoms with Crippen molar-refractivity contribution in [2.75, 3.05) is 6.54 Å². The monoisotopic (exact) mass is 433 g/mol. The Kier molecular flexibility index (Phi) is 9.76. The van der Waals surface area contributed by atoms with E-state index in [9.17, 15) is 14.4 Å². The van der Waals surface area contributed by atoms with Crippen molar-refractivity contribution < 1.29 is 14.4 Å². The molecule has 1 amide bonds. The fraction of sp³-hybridized carbons (Fsp3) is 0.889. The third-order valence-electron chi connectivity index (χ3n) is 8.74. The standard InChI is InChI=1S/C27H47NO3/c1-5-6-7-8-9-10-11-12-13-14-15-16-17-18-21-28-24(31)27-20-19-26(4,25(27,2)3)22(29)23(27)30/h5-21H2,1-4H3,(H,28,31)/t26-,27-/m0/s1. The van der Waals surface area contributed by atoms with Gasteiger partial charge >= 0.3 is 0 Å². The highest BCUT2D eigenvalue weighted by Gasteiger charge is 2.77. The van der Waals surface area contributed by atoms with Gasteiger partial charge in [0, 0.05) is 12.0 Å². The molecular formula is C27H47NO3. The lowest BCUT2D eigenvalue weighted by Crippen LogP contribution is -2.50. The summed E-state index contributed by atoms with van der Waals surface area (Å²) in [6.07, 6.45) is 19.4. The summed E-state index contributed by atoms with van der Waals surface area (Å²) in [5.41, 5.74) is -2.43. The Bertz CT molecular complexity index is 626. The molecule has 1 N–H and O–H groups in total. The fourth-order valence-electron chi connectivity index (χ4n) is 5.95. The van der Waals surface area contributed by atoms with Gasteiger partial charge in [0.25, 0.3) is 0 Å². The second kappa shape index (κ2) is 11.6. The van der Waals surface area contributed by atoms with Gasteiger partial charge in [-0.15, -0.1) is 0 Å². The topological polar surface area (TPSA) is 63.2 Å². The van der Waals surface area contributed by atoms with Gasteiger partial charge in [-0.05, 0) is 24.7 Å². The second-order valence-corrected chi connectivity index (χ2v) is 10.9. The van der Waals surface area contributed by atoms with Gasteiger partial charge in [-0.1, -0.05) is 111 Å². The van der Waals surface area contributed by atoms with Crippen LogP contribution in [0, 0.1) is 16.2 Å². The smallest absolute Gasteiger partial charge is 0.234 e. The number of hydrogen-bond acceptors (Lipinski definition) is 3. The predicted molar refractivity (Wildman–Crippen MR) is 127 cm³/mol. The molecule has 0 spiro atoms. The van der Waals surface area contributed by atoms with Crippen LogP contribution in [0.15, 0.2) is 0 Å². The van der Waals surface area contributed by atoms with Crippen LogP contribution in [0.1, 0.15) is 130 Å². The van der Waals surface area contributed by atoms with Crippen molar-refractivity contribution in [3.8, 4) is 0 Å². The summed E-state index contributed by atoms with van der Waals surface area (Å²) in [7, 11) is 0. The first-order valence-corrected chi connectivity index (χ1v) is 13.1. The third kappa shape index (κ3) is 5.25. The molecule has 178 valence electrons. The third-order valence-corrected chi connectivity index (χ3v) is 8.74. The minimum absolute atomic E-state index is 0.216. The van der Waals surface area contributed by atoms with Crippen LogP contribution in [0.4, 0.5) is 0 Å². The summed E-state index contributed by atoms with van der Waals surface area (Å²) in [5.74, 6) is -1.01. The van der Waals surface area contributed by atoms with Crippen molar-refractivity contribution in [1.29, 1.82) is 0 Å². The van der Waals surface area contributed by atoms with Gasteiger partial charge in [-0.3, -0.25) is 14.4 Å². The Labute approximate surface area is 190 Å². The van der Waals surface area contributed by atoms with Crippen LogP contribution in [0.3, 0.4) is 0 Å². The Morgan fingerprint density at radius 1 is 0.710 bits per heavy atom. The minimum Gasteiger partial charge on any atom is -0.355 e.